The van der Waals surface area contributed by atoms with Crippen molar-refractivity contribution in [3.05, 3.63) is 12.2 Å². The first-order valence-electron chi connectivity index (χ1n) is 5.89. The van der Waals surface area contributed by atoms with Crippen LogP contribution in [0.25, 0.3) is 0 Å². The maximum absolute atomic E-state index is 12.1. The van der Waals surface area contributed by atoms with Crippen LogP contribution in [0.2, 0.25) is 0 Å². The molecule has 4 nitrogen and oxygen atoms in total. The lowest BCUT2D eigenvalue weighted by molar-refractivity contribution is 0.0720. The summed E-state index contributed by atoms with van der Waals surface area (Å²) in [4.78, 5) is 0. The van der Waals surface area contributed by atoms with Crippen LogP contribution >= 0.6 is 0 Å². The van der Waals surface area contributed by atoms with Crippen LogP contribution in [0.4, 0.5) is 0 Å². The Bertz CT molecular complexity index is 344. The summed E-state index contributed by atoms with van der Waals surface area (Å²) < 4.78 is 31.0. The molecule has 92 valence electrons. The maximum atomic E-state index is 12.1. The number of nitrogens with zero attached hydrogens (tertiary/aromatic N) is 1. The molecule has 0 amide bonds. The monoisotopic (exact) mass is 245 g/mol. The maximum Gasteiger partial charge on any atom is 0.214 e. The van der Waals surface area contributed by atoms with Gasteiger partial charge in [0.25, 0.3) is 0 Å². The van der Waals surface area contributed by atoms with E-state index in [9.17, 15) is 8.42 Å². The molecule has 2 aliphatic heterocycles. The second-order valence-electron chi connectivity index (χ2n) is 4.45. The van der Waals surface area contributed by atoms with Crippen molar-refractivity contribution in [3.63, 3.8) is 0 Å². The summed E-state index contributed by atoms with van der Waals surface area (Å²) in [6, 6.07) is 0. The fourth-order valence-corrected chi connectivity index (χ4v) is 4.03. The fourth-order valence-electron chi connectivity index (χ4n) is 2.19. The molecule has 0 aromatic heterocycles. The van der Waals surface area contributed by atoms with Gasteiger partial charge in [0, 0.05) is 26.3 Å². The molecule has 0 unspecified atom stereocenters. The van der Waals surface area contributed by atoms with Gasteiger partial charge in [-0.2, -0.15) is 4.31 Å². The number of sulfonamides is 1. The molecule has 0 bridgehead atoms. The van der Waals surface area contributed by atoms with Crippen LogP contribution in [0.15, 0.2) is 12.2 Å². The van der Waals surface area contributed by atoms with E-state index in [1.54, 1.807) is 4.31 Å². The van der Waals surface area contributed by atoms with Crippen molar-refractivity contribution >= 4 is 10.0 Å². The van der Waals surface area contributed by atoms with E-state index in [2.05, 4.69) is 0 Å². The first-order valence-corrected chi connectivity index (χ1v) is 7.50. The third-order valence-corrected chi connectivity index (χ3v) is 5.21. The SMILES string of the molecule is O=S(=O)(CC1CCOCC1)N1CC=CCC1. The highest BCUT2D eigenvalue weighted by atomic mass is 32.2. The van der Waals surface area contributed by atoms with Crippen LogP contribution in [0, 0.1) is 5.92 Å². The summed E-state index contributed by atoms with van der Waals surface area (Å²) in [6.45, 7) is 2.60. The molecule has 1 saturated heterocycles. The lowest BCUT2D eigenvalue weighted by Crippen LogP contribution is -2.38. The average Bonchev–Trinajstić information content (AvgIpc) is 2.31. The molecule has 2 rings (SSSR count). The minimum atomic E-state index is -3.06. The highest BCUT2D eigenvalue weighted by molar-refractivity contribution is 7.89. The molecule has 0 saturated carbocycles. The molecule has 0 spiro atoms. The Kier molecular flexibility index (Phi) is 4.00. The minimum Gasteiger partial charge on any atom is -0.381 e. The van der Waals surface area contributed by atoms with Crippen molar-refractivity contribution in [3.8, 4) is 0 Å². The molecule has 0 radical (unpaired) electrons. The molecule has 2 heterocycles. The summed E-state index contributed by atoms with van der Waals surface area (Å²) in [5.41, 5.74) is 0. The van der Waals surface area contributed by atoms with Crippen LogP contribution in [0.1, 0.15) is 19.3 Å². The highest BCUT2D eigenvalue weighted by Gasteiger charge is 2.27. The molecule has 1 fully saturated rings. The predicted octanol–water partition coefficient (Wildman–Crippen LogP) is 1.00. The molecular formula is C11H19NO3S. The Morgan fingerprint density at radius 2 is 2.00 bits per heavy atom. The second kappa shape index (κ2) is 5.29. The van der Waals surface area contributed by atoms with Crippen LogP contribution in [0.5, 0.6) is 0 Å². The van der Waals surface area contributed by atoms with E-state index >= 15 is 0 Å². The standard InChI is InChI=1S/C11H19NO3S/c13-16(14,12-6-2-1-3-7-12)10-11-4-8-15-9-5-11/h1-2,11H,3-10H2. The predicted molar refractivity (Wildman–Crippen MR) is 62.7 cm³/mol. The highest BCUT2D eigenvalue weighted by Crippen LogP contribution is 2.19. The Morgan fingerprint density at radius 3 is 2.62 bits per heavy atom. The van der Waals surface area contributed by atoms with Gasteiger partial charge in [0.2, 0.25) is 10.0 Å². The van der Waals surface area contributed by atoms with E-state index in [1.807, 2.05) is 12.2 Å². The first kappa shape index (κ1) is 12.1. The van der Waals surface area contributed by atoms with E-state index in [0.717, 1.165) is 19.3 Å². The first-order chi connectivity index (χ1) is 7.68. The van der Waals surface area contributed by atoms with Gasteiger partial charge in [-0.15, -0.1) is 0 Å². The Balaban J connectivity index is 1.93. The Morgan fingerprint density at radius 1 is 1.25 bits per heavy atom. The number of hydrogen-bond acceptors (Lipinski definition) is 3. The van der Waals surface area contributed by atoms with Gasteiger partial charge >= 0.3 is 0 Å². The van der Waals surface area contributed by atoms with Gasteiger partial charge in [0.05, 0.1) is 5.75 Å². The normalized spacial score (nSPS) is 24.8. The van der Waals surface area contributed by atoms with Gasteiger partial charge in [0.15, 0.2) is 0 Å². The van der Waals surface area contributed by atoms with Gasteiger partial charge in [-0.25, -0.2) is 8.42 Å². The summed E-state index contributed by atoms with van der Waals surface area (Å²) in [7, 11) is -3.06. The topological polar surface area (TPSA) is 46.6 Å². The van der Waals surface area contributed by atoms with Crippen LogP contribution in [0.3, 0.4) is 0 Å². The molecule has 0 aromatic carbocycles. The van der Waals surface area contributed by atoms with E-state index in [1.165, 1.54) is 0 Å². The van der Waals surface area contributed by atoms with Crippen molar-refractivity contribution in [2.45, 2.75) is 19.3 Å². The van der Waals surface area contributed by atoms with E-state index in [-0.39, 0.29) is 5.92 Å². The van der Waals surface area contributed by atoms with E-state index < -0.39 is 10.0 Å². The zero-order valence-corrected chi connectivity index (χ0v) is 10.3. The summed E-state index contributed by atoms with van der Waals surface area (Å²) >= 11 is 0. The molecule has 0 N–H and O–H groups in total. The van der Waals surface area contributed by atoms with Crippen molar-refractivity contribution in [1.82, 2.24) is 4.31 Å². The van der Waals surface area contributed by atoms with Gasteiger partial charge in [-0.1, -0.05) is 12.2 Å². The molecule has 2 aliphatic rings. The number of ether oxygens (including phenoxy) is 1. The molecule has 0 aromatic rings. The van der Waals surface area contributed by atoms with Gasteiger partial charge in [0.1, 0.15) is 0 Å². The zero-order valence-electron chi connectivity index (χ0n) is 9.47. The van der Waals surface area contributed by atoms with Crippen molar-refractivity contribution in [2.24, 2.45) is 5.92 Å². The van der Waals surface area contributed by atoms with E-state index in [4.69, 9.17) is 4.74 Å². The smallest absolute Gasteiger partial charge is 0.214 e. The zero-order chi connectivity index (χ0) is 11.4. The van der Waals surface area contributed by atoms with Crippen LogP contribution < -0.4 is 0 Å². The number of hydrogen-bond donors (Lipinski definition) is 0. The number of rotatable bonds is 3. The summed E-state index contributed by atoms with van der Waals surface area (Å²) in [5, 5.41) is 0. The van der Waals surface area contributed by atoms with Gasteiger partial charge in [-0.3, -0.25) is 0 Å². The Labute approximate surface area is 97.3 Å². The fraction of sp³-hybridized carbons (Fsp3) is 0.818. The molecule has 5 heteroatoms. The molecule has 0 aliphatic carbocycles. The third kappa shape index (κ3) is 3.06. The largest absolute Gasteiger partial charge is 0.381 e. The summed E-state index contributed by atoms with van der Waals surface area (Å²) in [5.74, 6) is 0.578. The molecule has 16 heavy (non-hydrogen) atoms. The van der Waals surface area contributed by atoms with Gasteiger partial charge in [-0.05, 0) is 25.2 Å². The van der Waals surface area contributed by atoms with Crippen LogP contribution in [-0.4, -0.2) is 44.8 Å². The van der Waals surface area contributed by atoms with Crippen molar-refractivity contribution < 1.29 is 13.2 Å². The third-order valence-electron chi connectivity index (χ3n) is 3.20. The second-order valence-corrected chi connectivity index (χ2v) is 6.47. The quantitative estimate of drug-likeness (QED) is 0.697. The van der Waals surface area contributed by atoms with Crippen molar-refractivity contribution in [1.29, 1.82) is 0 Å². The Hall–Kier alpha value is -0.390. The molecule has 0 atom stereocenters. The lowest BCUT2D eigenvalue weighted by Gasteiger charge is -2.27. The van der Waals surface area contributed by atoms with Crippen LogP contribution in [-0.2, 0) is 14.8 Å². The van der Waals surface area contributed by atoms with E-state index in [0.29, 0.717) is 32.1 Å². The minimum absolute atomic E-state index is 0.282. The van der Waals surface area contributed by atoms with Gasteiger partial charge < -0.3 is 4.74 Å². The van der Waals surface area contributed by atoms with Crippen molar-refractivity contribution in [2.75, 3.05) is 32.1 Å². The molecular weight excluding hydrogens is 226 g/mol. The average molecular weight is 245 g/mol. The lowest BCUT2D eigenvalue weighted by atomic mass is 10.0. The summed E-state index contributed by atoms with van der Waals surface area (Å²) in [6.07, 6.45) is 6.57.